The molecule has 0 radical (unpaired) electrons. The Bertz CT molecular complexity index is 3050. The first kappa shape index (κ1) is 43.6. The number of nitrogens with one attached hydrogen (secondary N) is 4. The number of aromatic amines is 1. The first-order valence-corrected chi connectivity index (χ1v) is 23.0. The van der Waals surface area contributed by atoms with Crippen molar-refractivity contribution in [2.75, 3.05) is 79.4 Å². The summed E-state index contributed by atoms with van der Waals surface area (Å²) in [5.41, 5.74) is 7.20. The van der Waals surface area contributed by atoms with Crippen molar-refractivity contribution in [1.82, 2.24) is 60.1 Å². The summed E-state index contributed by atoms with van der Waals surface area (Å²) in [6.45, 7) is 16.8. The molecule has 3 aliphatic heterocycles. The van der Waals surface area contributed by atoms with Crippen molar-refractivity contribution in [3.05, 3.63) is 85.0 Å². The second-order valence-corrected chi connectivity index (χ2v) is 18.1. The monoisotopic (exact) mass is 904 g/mol. The molecule has 4 N–H and O–H groups in total. The number of hydrogen-bond acceptors (Lipinski definition) is 16. The van der Waals surface area contributed by atoms with Crippen LogP contribution in [-0.2, 0) is 9.47 Å². The maximum atomic E-state index is 12.5. The number of anilines is 6. The van der Waals surface area contributed by atoms with Crippen LogP contribution in [0.4, 0.5) is 39.4 Å². The number of ether oxygens (including phenoxy) is 2. The molecular weight excluding hydrogens is 849 g/mol. The van der Waals surface area contributed by atoms with E-state index < -0.39 is 5.60 Å². The summed E-state index contributed by atoms with van der Waals surface area (Å²) in [5.74, 6) is 3.18. The fourth-order valence-corrected chi connectivity index (χ4v) is 9.01. The Morgan fingerprint density at radius 3 is 1.97 bits per heavy atom. The van der Waals surface area contributed by atoms with Gasteiger partial charge in [-0.3, -0.25) is 5.10 Å². The summed E-state index contributed by atoms with van der Waals surface area (Å²) in [7, 11) is 0. The molecule has 0 spiro atoms. The highest BCUT2D eigenvalue weighted by Crippen LogP contribution is 2.36. The molecule has 0 saturated carbocycles. The van der Waals surface area contributed by atoms with Gasteiger partial charge in [-0.2, -0.15) is 10.2 Å². The van der Waals surface area contributed by atoms with E-state index in [0.29, 0.717) is 32.0 Å². The van der Waals surface area contributed by atoms with Gasteiger partial charge >= 0.3 is 6.09 Å². The van der Waals surface area contributed by atoms with Crippen molar-refractivity contribution in [2.45, 2.75) is 65.7 Å². The van der Waals surface area contributed by atoms with E-state index in [2.05, 4.69) is 97.9 Å². The normalized spacial score (nSPS) is 16.9. The third kappa shape index (κ3) is 9.03. The molecule has 8 aromatic rings. The largest absolute Gasteiger partial charge is 0.444 e. The molecule has 2 aromatic carbocycles. The highest BCUT2D eigenvalue weighted by molar-refractivity contribution is 6.02. The topological polar surface area (TPSA) is 205 Å². The quantitative estimate of drug-likeness (QED) is 0.122. The molecule has 1 atom stereocenters. The van der Waals surface area contributed by atoms with Crippen molar-refractivity contribution in [3.63, 3.8) is 0 Å². The Labute approximate surface area is 387 Å². The lowest BCUT2D eigenvalue weighted by molar-refractivity contribution is -0.0366. The molecule has 6 aromatic heterocycles. The molecule has 3 aliphatic rings. The number of nitrogens with zero attached hydrogens (tertiary/aromatic N) is 12. The maximum absolute atomic E-state index is 12.5. The number of H-pyrrole nitrogens is 1. The zero-order valence-corrected chi connectivity index (χ0v) is 38.6. The number of carbonyl (C=O) groups is 1. The number of rotatable bonds is 7. The molecule has 0 bridgehead atoms. The zero-order valence-electron chi connectivity index (χ0n) is 38.6. The standard InChI is InChI=1S/C29H36N8O3.C19H20N8/c1-19-8-9-22-21(17-33-37(22)23-7-5-6-16-39-23)24(19)34-26-25-20(10-11-30-26)27(32-18-31-25)35-12-14-36(15-13-35)28(38)40-29(2,3)4;1-12-2-3-15-14(10-24-26-15)16(12)25-18-17-13(4-5-21-18)19(23-11-22-17)27-8-6-20-7-9-27/h8-11,17-18,23H,5-7,12-16H2,1-4H3,(H,30,34);2-5,10-11,20H,6-9H2,1H3,(H,21,25)(H,24,26). The van der Waals surface area contributed by atoms with E-state index in [-0.39, 0.29) is 12.3 Å². The molecule has 9 heterocycles. The lowest BCUT2D eigenvalue weighted by atomic mass is 10.1. The van der Waals surface area contributed by atoms with Crippen molar-refractivity contribution in [1.29, 1.82) is 0 Å². The third-order valence-electron chi connectivity index (χ3n) is 12.4. The molecule has 19 nitrogen and oxygen atoms in total. The van der Waals surface area contributed by atoms with Crippen LogP contribution >= 0.6 is 0 Å². The van der Waals surface area contributed by atoms with Crippen LogP contribution in [-0.4, -0.2) is 125 Å². The number of carbonyl (C=O) groups excluding carboxylic acids is 1. The molecular formula is C48H56N16O3. The van der Waals surface area contributed by atoms with E-state index >= 15 is 0 Å². The minimum atomic E-state index is -0.515. The Balaban J connectivity index is 0.000000169. The first-order valence-electron chi connectivity index (χ1n) is 23.0. The number of benzene rings is 2. The van der Waals surface area contributed by atoms with Gasteiger partial charge in [-0.05, 0) is 89.3 Å². The third-order valence-corrected chi connectivity index (χ3v) is 12.4. The summed E-state index contributed by atoms with van der Waals surface area (Å²) in [6.07, 6.45) is 13.4. The molecule has 67 heavy (non-hydrogen) atoms. The average molecular weight is 905 g/mol. The highest BCUT2D eigenvalue weighted by atomic mass is 16.6. The molecule has 11 rings (SSSR count). The molecule has 1 unspecified atom stereocenters. The van der Waals surface area contributed by atoms with E-state index in [9.17, 15) is 4.79 Å². The first-order chi connectivity index (χ1) is 32.6. The van der Waals surface area contributed by atoms with E-state index in [1.165, 1.54) is 0 Å². The van der Waals surface area contributed by atoms with Crippen molar-refractivity contribution in [2.24, 2.45) is 0 Å². The summed E-state index contributed by atoms with van der Waals surface area (Å²) in [6, 6.07) is 12.2. The molecule has 0 aliphatic carbocycles. The van der Waals surface area contributed by atoms with Crippen molar-refractivity contribution < 1.29 is 14.3 Å². The molecule has 3 saturated heterocycles. The van der Waals surface area contributed by atoms with E-state index in [4.69, 9.17) is 14.6 Å². The Kier molecular flexibility index (Phi) is 12.1. The van der Waals surface area contributed by atoms with Gasteiger partial charge in [0.05, 0.1) is 34.8 Å². The maximum Gasteiger partial charge on any atom is 0.410 e. The van der Waals surface area contributed by atoms with Gasteiger partial charge in [-0.25, -0.2) is 39.4 Å². The number of aryl methyl sites for hydroxylation is 2. The number of amides is 1. The highest BCUT2D eigenvalue weighted by Gasteiger charge is 2.28. The van der Waals surface area contributed by atoms with Crippen LogP contribution in [0, 0.1) is 13.8 Å². The fourth-order valence-electron chi connectivity index (χ4n) is 9.01. The van der Waals surface area contributed by atoms with Crippen LogP contribution < -0.4 is 25.8 Å². The average Bonchev–Trinajstić information content (AvgIpc) is 4.02. The van der Waals surface area contributed by atoms with Gasteiger partial charge < -0.3 is 40.1 Å². The van der Waals surface area contributed by atoms with Crippen LogP contribution in [0.5, 0.6) is 0 Å². The lowest BCUT2D eigenvalue weighted by Gasteiger charge is -2.36. The van der Waals surface area contributed by atoms with Gasteiger partial charge in [-0.1, -0.05) is 12.1 Å². The second kappa shape index (κ2) is 18.6. The van der Waals surface area contributed by atoms with Crippen molar-refractivity contribution in [3.8, 4) is 0 Å². The van der Waals surface area contributed by atoms with E-state index in [0.717, 1.165) is 136 Å². The number of pyridine rings is 2. The zero-order chi connectivity index (χ0) is 46.1. The number of piperazine rings is 2. The predicted octanol–water partition coefficient (Wildman–Crippen LogP) is 7.55. The summed E-state index contributed by atoms with van der Waals surface area (Å²) in [5, 5.41) is 26.3. The molecule has 1 amide bonds. The fraction of sp³-hybridized carbons (Fsp3) is 0.396. The number of hydrogen-bond donors (Lipinski definition) is 4. The van der Waals surface area contributed by atoms with Crippen LogP contribution in [0.2, 0.25) is 0 Å². The molecule has 19 heteroatoms. The minimum Gasteiger partial charge on any atom is -0.444 e. The summed E-state index contributed by atoms with van der Waals surface area (Å²) in [4.78, 5) is 46.3. The van der Waals surface area contributed by atoms with Crippen LogP contribution in [0.3, 0.4) is 0 Å². The van der Waals surface area contributed by atoms with Crippen LogP contribution in [0.1, 0.15) is 57.4 Å². The molecule has 3 fully saturated rings. The van der Waals surface area contributed by atoms with Gasteiger partial charge in [0, 0.05) is 92.9 Å². The Morgan fingerprint density at radius 2 is 1.34 bits per heavy atom. The van der Waals surface area contributed by atoms with E-state index in [1.54, 1.807) is 23.8 Å². The SMILES string of the molecule is Cc1ccc2[nH]ncc2c1Nc1nccc2c(N3CCNCC3)ncnc12.Cc1ccc2c(cnn2C2CCCCO2)c1Nc1nccc2c(N3CCN(C(=O)OC(C)(C)C)CC3)ncnc12. The summed E-state index contributed by atoms with van der Waals surface area (Å²) < 4.78 is 13.5. The predicted molar refractivity (Wildman–Crippen MR) is 260 cm³/mol. The van der Waals surface area contributed by atoms with Gasteiger partial charge in [0.25, 0.3) is 0 Å². The second-order valence-electron chi connectivity index (χ2n) is 18.1. The van der Waals surface area contributed by atoms with Crippen LogP contribution in [0.25, 0.3) is 43.6 Å². The van der Waals surface area contributed by atoms with Gasteiger partial charge in [-0.15, -0.1) is 0 Å². The number of aromatic nitrogens is 10. The van der Waals surface area contributed by atoms with Gasteiger partial charge in [0.1, 0.15) is 40.9 Å². The van der Waals surface area contributed by atoms with Gasteiger partial charge in [0.15, 0.2) is 17.9 Å². The van der Waals surface area contributed by atoms with Crippen LogP contribution in [0.15, 0.2) is 73.8 Å². The Hall–Kier alpha value is -7.25. The Morgan fingerprint density at radius 1 is 0.716 bits per heavy atom. The van der Waals surface area contributed by atoms with Gasteiger partial charge in [0.2, 0.25) is 0 Å². The smallest absolute Gasteiger partial charge is 0.410 e. The van der Waals surface area contributed by atoms with Crippen molar-refractivity contribution >= 4 is 84.4 Å². The number of fused-ring (bicyclic) bond motifs is 4. The summed E-state index contributed by atoms with van der Waals surface area (Å²) >= 11 is 0. The lowest BCUT2D eigenvalue weighted by Crippen LogP contribution is -2.50. The minimum absolute atomic E-state index is 0.0384. The van der Waals surface area contributed by atoms with E-state index in [1.807, 2.05) is 62.2 Å². The molecule has 346 valence electrons.